The van der Waals surface area contributed by atoms with Gasteiger partial charge in [-0.3, -0.25) is 0 Å². The number of hydrogen-bond donors (Lipinski definition) is 0. The summed E-state index contributed by atoms with van der Waals surface area (Å²) < 4.78 is 0. The zero-order chi connectivity index (χ0) is 17.1. The Kier molecular flexibility index (Phi) is 7.59. The van der Waals surface area contributed by atoms with Gasteiger partial charge in [0.1, 0.15) is 0 Å². The number of hydrogen-bond acceptors (Lipinski definition) is 0. The number of rotatable bonds is 8. The lowest BCUT2D eigenvalue weighted by Gasteiger charge is -2.26. The molecule has 0 saturated carbocycles. The Hall–Kier alpha value is -2.04. The molecule has 0 amide bonds. The van der Waals surface area contributed by atoms with E-state index in [1.54, 1.807) is 0 Å². The van der Waals surface area contributed by atoms with Crippen LogP contribution in [0.5, 0.6) is 0 Å². The fourth-order valence-electron chi connectivity index (χ4n) is 3.11. The van der Waals surface area contributed by atoms with Gasteiger partial charge < -0.3 is 0 Å². The lowest BCUT2D eigenvalue weighted by Crippen LogP contribution is -2.57. The first-order valence-electron chi connectivity index (χ1n) is 9.05. The molecule has 0 saturated heterocycles. The smallest absolute Gasteiger partial charge is 0.120 e. The molecule has 0 N–H and O–H groups in total. The zero-order valence-corrected chi connectivity index (χ0v) is 15.8. The lowest BCUT2D eigenvalue weighted by molar-refractivity contribution is 0.680. The average Bonchev–Trinajstić information content (AvgIpc) is 2.65. The Morgan fingerprint density at radius 3 is 1.96 bits per heavy atom. The Morgan fingerprint density at radius 2 is 1.46 bits per heavy atom. The molecule has 1 heteroatoms. The summed E-state index contributed by atoms with van der Waals surface area (Å²) in [5.74, 6) is 3.53. The second-order valence-electron chi connectivity index (χ2n) is 6.24. The first kappa shape index (κ1) is 18.3. The highest BCUT2D eigenvalue weighted by molar-refractivity contribution is 7.08. The lowest BCUT2D eigenvalue weighted by atomic mass is 10.2. The van der Waals surface area contributed by atoms with Crippen molar-refractivity contribution in [2.45, 2.75) is 45.1 Å². The summed E-state index contributed by atoms with van der Waals surface area (Å²) in [6.45, 7) is 6.28. The third-order valence-corrected chi connectivity index (χ3v) is 8.58. The van der Waals surface area contributed by atoms with Crippen LogP contribution in [-0.4, -0.2) is 8.07 Å². The van der Waals surface area contributed by atoms with Crippen LogP contribution in [0.4, 0.5) is 0 Å². The molecule has 2 aromatic carbocycles. The molecule has 0 aromatic heterocycles. The summed E-state index contributed by atoms with van der Waals surface area (Å²) in [6, 6.07) is 22.6. The minimum Gasteiger partial charge on any atom is -0.120 e. The van der Waals surface area contributed by atoms with Crippen LogP contribution in [-0.2, 0) is 0 Å². The number of benzene rings is 2. The summed E-state index contributed by atoms with van der Waals surface area (Å²) in [6.07, 6.45) is 8.15. The molecule has 0 nitrogen and oxygen atoms in total. The molecule has 0 aliphatic rings. The predicted octanol–water partition coefficient (Wildman–Crippen LogP) is 4.95. The van der Waals surface area contributed by atoms with E-state index in [-0.39, 0.29) is 0 Å². The molecular weight excluding hydrogens is 304 g/mol. The second kappa shape index (κ2) is 9.95. The van der Waals surface area contributed by atoms with Crippen molar-refractivity contribution in [2.24, 2.45) is 0 Å². The fraction of sp³-hybridized carbons (Fsp3) is 0.304. The first-order valence-corrected chi connectivity index (χ1v) is 11.3. The van der Waals surface area contributed by atoms with E-state index < -0.39 is 8.07 Å². The van der Waals surface area contributed by atoms with E-state index in [4.69, 9.17) is 0 Å². The molecular formula is C23H28Si. The van der Waals surface area contributed by atoms with Gasteiger partial charge in [0.2, 0.25) is 8.07 Å². The van der Waals surface area contributed by atoms with Crippen molar-refractivity contribution in [3.8, 4) is 11.5 Å². The van der Waals surface area contributed by atoms with Crippen molar-refractivity contribution < 1.29 is 0 Å². The number of allylic oxidation sites excluding steroid dienone is 1. The van der Waals surface area contributed by atoms with Crippen LogP contribution in [0.3, 0.4) is 0 Å². The molecule has 0 radical (unpaired) electrons. The van der Waals surface area contributed by atoms with Gasteiger partial charge in [0.15, 0.2) is 0 Å². The van der Waals surface area contributed by atoms with Crippen LogP contribution in [0.1, 0.15) is 39.0 Å². The van der Waals surface area contributed by atoms with E-state index in [2.05, 4.69) is 91.7 Å². The summed E-state index contributed by atoms with van der Waals surface area (Å²) in [5, 5.41) is 2.77. The van der Waals surface area contributed by atoms with Gasteiger partial charge in [-0.2, -0.15) is 0 Å². The summed E-state index contributed by atoms with van der Waals surface area (Å²) in [4.78, 5) is 0. The van der Waals surface area contributed by atoms with Crippen molar-refractivity contribution in [1.29, 1.82) is 0 Å². The topological polar surface area (TPSA) is 0 Å². The molecule has 0 aliphatic carbocycles. The SMILES string of the molecule is C=CC[Si](C#CCCCCCC)(c1ccccc1)c1ccccc1. The van der Waals surface area contributed by atoms with Gasteiger partial charge in [0.05, 0.1) is 0 Å². The van der Waals surface area contributed by atoms with E-state index in [1.807, 2.05) is 0 Å². The van der Waals surface area contributed by atoms with Crippen molar-refractivity contribution in [3.05, 3.63) is 73.3 Å². The van der Waals surface area contributed by atoms with Crippen molar-refractivity contribution in [1.82, 2.24) is 0 Å². The van der Waals surface area contributed by atoms with Crippen molar-refractivity contribution in [2.75, 3.05) is 0 Å². The molecule has 0 aliphatic heterocycles. The van der Waals surface area contributed by atoms with Gasteiger partial charge in [0.25, 0.3) is 0 Å². The van der Waals surface area contributed by atoms with Crippen LogP contribution in [0.25, 0.3) is 0 Å². The molecule has 0 heterocycles. The molecule has 0 fully saturated rings. The zero-order valence-electron chi connectivity index (χ0n) is 14.8. The highest BCUT2D eigenvalue weighted by atomic mass is 28.3. The largest absolute Gasteiger partial charge is 0.202 e. The summed E-state index contributed by atoms with van der Waals surface area (Å²) in [5.41, 5.74) is 3.76. The summed E-state index contributed by atoms with van der Waals surface area (Å²) in [7, 11) is -2.10. The Labute approximate surface area is 148 Å². The van der Waals surface area contributed by atoms with E-state index in [0.29, 0.717) is 0 Å². The first-order chi connectivity index (χ1) is 11.8. The number of unbranched alkanes of at least 4 members (excludes halogenated alkanes) is 4. The van der Waals surface area contributed by atoms with Crippen molar-refractivity contribution in [3.63, 3.8) is 0 Å². The molecule has 0 bridgehead atoms. The Balaban J connectivity index is 2.36. The van der Waals surface area contributed by atoms with E-state index in [1.165, 1.54) is 36.1 Å². The van der Waals surface area contributed by atoms with E-state index in [9.17, 15) is 0 Å². The monoisotopic (exact) mass is 332 g/mol. The van der Waals surface area contributed by atoms with Gasteiger partial charge in [-0.15, -0.1) is 18.0 Å². The Bertz CT molecular complexity index is 622. The summed E-state index contributed by atoms with van der Waals surface area (Å²) >= 11 is 0. The molecule has 24 heavy (non-hydrogen) atoms. The maximum absolute atomic E-state index is 4.03. The third kappa shape index (κ3) is 4.73. The van der Waals surface area contributed by atoms with E-state index in [0.717, 1.165) is 12.5 Å². The van der Waals surface area contributed by atoms with Gasteiger partial charge in [0, 0.05) is 6.42 Å². The molecule has 0 atom stereocenters. The minimum atomic E-state index is -2.10. The molecule has 124 valence electrons. The van der Waals surface area contributed by atoms with Gasteiger partial charge in [-0.1, -0.05) is 92.9 Å². The highest BCUT2D eigenvalue weighted by Crippen LogP contribution is 2.12. The standard InChI is InChI=1S/C23H28Si/c1-3-5-6-7-8-15-21-24(20-4-2,22-16-11-9-12-17-22)23-18-13-10-14-19-23/h4,9-14,16-19H,2-3,5-8,20H2,1H3. The minimum absolute atomic E-state index is 0.961. The maximum Gasteiger partial charge on any atom is 0.202 e. The van der Waals surface area contributed by atoms with Crippen LogP contribution in [0, 0.1) is 11.5 Å². The van der Waals surface area contributed by atoms with Crippen LogP contribution >= 0.6 is 0 Å². The molecule has 0 spiro atoms. The van der Waals surface area contributed by atoms with Gasteiger partial charge >= 0.3 is 0 Å². The second-order valence-corrected chi connectivity index (χ2v) is 9.87. The Morgan fingerprint density at radius 1 is 0.875 bits per heavy atom. The third-order valence-electron chi connectivity index (χ3n) is 4.44. The predicted molar refractivity (Wildman–Crippen MR) is 109 cm³/mol. The maximum atomic E-state index is 4.03. The highest BCUT2D eigenvalue weighted by Gasteiger charge is 2.34. The van der Waals surface area contributed by atoms with Crippen molar-refractivity contribution >= 4 is 18.4 Å². The van der Waals surface area contributed by atoms with Gasteiger partial charge in [-0.05, 0) is 22.8 Å². The van der Waals surface area contributed by atoms with Gasteiger partial charge in [-0.25, -0.2) is 0 Å². The normalized spacial score (nSPS) is 10.7. The van der Waals surface area contributed by atoms with Crippen LogP contribution < -0.4 is 10.4 Å². The molecule has 2 rings (SSSR count). The molecule has 0 unspecified atom stereocenters. The van der Waals surface area contributed by atoms with E-state index >= 15 is 0 Å². The fourth-order valence-corrected chi connectivity index (χ4v) is 6.69. The van der Waals surface area contributed by atoms with Crippen LogP contribution in [0.15, 0.2) is 73.3 Å². The molecule has 2 aromatic rings. The average molecular weight is 333 g/mol. The quantitative estimate of drug-likeness (QED) is 0.278. The van der Waals surface area contributed by atoms with Crippen LogP contribution in [0.2, 0.25) is 6.04 Å².